The van der Waals surface area contributed by atoms with Gasteiger partial charge in [0.2, 0.25) is 0 Å². The standard InChI is InChI=1S/C12H9BrCl2N2O2/c13-7-1-2-10(17-18)11(5-7)19-6-8-9(14)3-4-16-12(8)15/h1-5,17-18H,6H2. The van der Waals surface area contributed by atoms with Crippen LogP contribution in [0, 0.1) is 0 Å². The number of pyridine rings is 1. The Morgan fingerprint density at radius 3 is 2.79 bits per heavy atom. The Kier molecular flexibility index (Phi) is 4.87. The maximum absolute atomic E-state index is 9.01. The summed E-state index contributed by atoms with van der Waals surface area (Å²) in [5, 5.41) is 9.78. The maximum atomic E-state index is 9.01. The summed E-state index contributed by atoms with van der Waals surface area (Å²) in [6, 6.07) is 6.80. The summed E-state index contributed by atoms with van der Waals surface area (Å²) in [5.74, 6) is 0.466. The minimum atomic E-state index is 0.149. The average Bonchev–Trinajstić information content (AvgIpc) is 2.38. The molecule has 1 aromatic heterocycles. The number of hydrogen-bond acceptors (Lipinski definition) is 4. The third-order valence-electron chi connectivity index (χ3n) is 2.38. The van der Waals surface area contributed by atoms with Crippen LogP contribution in [0.15, 0.2) is 34.9 Å². The molecule has 0 atom stereocenters. The van der Waals surface area contributed by atoms with Crippen molar-refractivity contribution in [1.82, 2.24) is 4.98 Å². The van der Waals surface area contributed by atoms with Gasteiger partial charge in [0.15, 0.2) is 0 Å². The van der Waals surface area contributed by atoms with E-state index in [1.54, 1.807) is 24.3 Å². The number of nitrogens with zero attached hydrogens (tertiary/aromatic N) is 1. The van der Waals surface area contributed by atoms with E-state index in [9.17, 15) is 0 Å². The van der Waals surface area contributed by atoms with Crippen molar-refractivity contribution in [1.29, 1.82) is 0 Å². The molecule has 0 amide bonds. The van der Waals surface area contributed by atoms with Gasteiger partial charge in [0, 0.05) is 16.2 Å². The van der Waals surface area contributed by atoms with Gasteiger partial charge in [0.1, 0.15) is 23.2 Å². The molecule has 19 heavy (non-hydrogen) atoms. The van der Waals surface area contributed by atoms with Crippen molar-refractivity contribution in [3.05, 3.63) is 50.7 Å². The van der Waals surface area contributed by atoms with Crippen LogP contribution in [0.3, 0.4) is 0 Å². The van der Waals surface area contributed by atoms with E-state index in [-0.39, 0.29) is 6.61 Å². The zero-order chi connectivity index (χ0) is 13.8. The molecule has 1 heterocycles. The molecule has 0 fully saturated rings. The molecule has 0 aliphatic rings. The highest BCUT2D eigenvalue weighted by Crippen LogP contribution is 2.30. The first-order valence-corrected chi connectivity index (χ1v) is 6.78. The number of anilines is 1. The van der Waals surface area contributed by atoms with E-state index < -0.39 is 0 Å². The van der Waals surface area contributed by atoms with Gasteiger partial charge in [0.05, 0.1) is 5.02 Å². The normalized spacial score (nSPS) is 10.3. The molecule has 100 valence electrons. The molecular formula is C12H9BrCl2N2O2. The van der Waals surface area contributed by atoms with Gasteiger partial charge in [-0.15, -0.1) is 0 Å². The number of rotatable bonds is 4. The zero-order valence-corrected chi connectivity index (χ0v) is 12.6. The van der Waals surface area contributed by atoms with E-state index in [0.29, 0.717) is 27.2 Å². The van der Waals surface area contributed by atoms with Crippen LogP contribution in [0.2, 0.25) is 10.2 Å². The lowest BCUT2D eigenvalue weighted by molar-refractivity contribution is 0.301. The second-order valence-corrected chi connectivity index (χ2v) is 5.28. The van der Waals surface area contributed by atoms with E-state index in [2.05, 4.69) is 26.4 Å². The van der Waals surface area contributed by atoms with Crippen LogP contribution in [0.4, 0.5) is 5.69 Å². The third kappa shape index (κ3) is 3.51. The first-order valence-electron chi connectivity index (χ1n) is 5.23. The monoisotopic (exact) mass is 362 g/mol. The summed E-state index contributed by atoms with van der Waals surface area (Å²) in [6.07, 6.45) is 1.52. The van der Waals surface area contributed by atoms with Crippen molar-refractivity contribution < 1.29 is 9.94 Å². The molecule has 0 spiro atoms. The number of benzene rings is 1. The predicted molar refractivity (Wildman–Crippen MR) is 78.1 cm³/mol. The third-order valence-corrected chi connectivity index (χ3v) is 3.56. The minimum Gasteiger partial charge on any atom is -0.486 e. The molecule has 1 aromatic carbocycles. The van der Waals surface area contributed by atoms with E-state index in [1.165, 1.54) is 6.20 Å². The van der Waals surface area contributed by atoms with Gasteiger partial charge in [-0.25, -0.2) is 4.98 Å². The fourth-order valence-corrected chi connectivity index (χ4v) is 2.23. The van der Waals surface area contributed by atoms with Crippen molar-refractivity contribution >= 4 is 44.8 Å². The van der Waals surface area contributed by atoms with E-state index >= 15 is 0 Å². The molecule has 0 saturated heterocycles. The summed E-state index contributed by atoms with van der Waals surface area (Å²) < 4.78 is 6.42. The van der Waals surface area contributed by atoms with Crippen LogP contribution >= 0.6 is 39.1 Å². The summed E-state index contributed by atoms with van der Waals surface area (Å²) in [4.78, 5) is 3.94. The second kappa shape index (κ2) is 6.43. The fourth-order valence-electron chi connectivity index (χ4n) is 1.43. The number of nitrogens with one attached hydrogen (secondary N) is 1. The molecule has 2 aromatic rings. The lowest BCUT2D eigenvalue weighted by Crippen LogP contribution is -2.01. The fraction of sp³-hybridized carbons (Fsp3) is 0.0833. The second-order valence-electron chi connectivity index (χ2n) is 3.60. The molecule has 0 aliphatic heterocycles. The Morgan fingerprint density at radius 1 is 1.32 bits per heavy atom. The Labute approximate surface area is 128 Å². The molecule has 2 rings (SSSR count). The molecule has 0 aliphatic carbocycles. The van der Waals surface area contributed by atoms with Crippen molar-refractivity contribution in [2.24, 2.45) is 0 Å². The first kappa shape index (κ1) is 14.4. The van der Waals surface area contributed by atoms with Gasteiger partial charge < -0.3 is 4.74 Å². The molecule has 7 heteroatoms. The first-order chi connectivity index (χ1) is 9.11. The minimum absolute atomic E-state index is 0.149. The van der Waals surface area contributed by atoms with Gasteiger partial charge >= 0.3 is 0 Å². The van der Waals surface area contributed by atoms with Crippen LogP contribution in [-0.4, -0.2) is 10.2 Å². The molecule has 0 bridgehead atoms. The molecule has 4 nitrogen and oxygen atoms in total. The van der Waals surface area contributed by atoms with Crippen molar-refractivity contribution in [2.45, 2.75) is 6.61 Å². The SMILES string of the molecule is ONc1ccc(Br)cc1OCc1c(Cl)ccnc1Cl. The zero-order valence-electron chi connectivity index (χ0n) is 9.53. The highest BCUT2D eigenvalue weighted by Gasteiger charge is 2.10. The molecule has 2 N–H and O–H groups in total. The topological polar surface area (TPSA) is 54.4 Å². The Morgan fingerprint density at radius 2 is 2.11 bits per heavy atom. The van der Waals surface area contributed by atoms with Gasteiger partial charge in [-0.05, 0) is 24.3 Å². The lowest BCUT2D eigenvalue weighted by Gasteiger charge is -2.12. The van der Waals surface area contributed by atoms with Crippen LogP contribution in [0.1, 0.15) is 5.56 Å². The molecule has 0 radical (unpaired) electrons. The maximum Gasteiger partial charge on any atom is 0.146 e. The highest BCUT2D eigenvalue weighted by atomic mass is 79.9. The van der Waals surface area contributed by atoms with Crippen LogP contribution in [0.25, 0.3) is 0 Å². The largest absolute Gasteiger partial charge is 0.486 e. The number of halogens is 3. The van der Waals surface area contributed by atoms with E-state index in [1.807, 2.05) is 0 Å². The van der Waals surface area contributed by atoms with Crippen molar-refractivity contribution in [3.8, 4) is 5.75 Å². The molecule has 0 saturated carbocycles. The van der Waals surface area contributed by atoms with Crippen LogP contribution in [0.5, 0.6) is 5.75 Å². The number of ether oxygens (including phenoxy) is 1. The summed E-state index contributed by atoms with van der Waals surface area (Å²) in [7, 11) is 0. The van der Waals surface area contributed by atoms with Gasteiger partial charge in [0.25, 0.3) is 0 Å². The molecule has 0 unspecified atom stereocenters. The summed E-state index contributed by atoms with van der Waals surface area (Å²) >= 11 is 15.3. The Bertz CT molecular complexity index is 576. The summed E-state index contributed by atoms with van der Waals surface area (Å²) in [6.45, 7) is 0.149. The number of hydrogen-bond donors (Lipinski definition) is 2. The van der Waals surface area contributed by atoms with Gasteiger partial charge in [-0.3, -0.25) is 10.7 Å². The van der Waals surface area contributed by atoms with Crippen LogP contribution in [-0.2, 0) is 6.61 Å². The highest BCUT2D eigenvalue weighted by molar-refractivity contribution is 9.10. The quantitative estimate of drug-likeness (QED) is 0.618. The van der Waals surface area contributed by atoms with E-state index in [4.69, 9.17) is 33.1 Å². The smallest absolute Gasteiger partial charge is 0.146 e. The van der Waals surface area contributed by atoms with Crippen molar-refractivity contribution in [2.75, 3.05) is 5.48 Å². The van der Waals surface area contributed by atoms with Gasteiger partial charge in [-0.1, -0.05) is 39.1 Å². The van der Waals surface area contributed by atoms with Crippen molar-refractivity contribution in [3.63, 3.8) is 0 Å². The average molecular weight is 364 g/mol. The lowest BCUT2D eigenvalue weighted by atomic mass is 10.3. The Hall–Kier alpha value is -1.01. The Balaban J connectivity index is 2.21. The number of aromatic nitrogens is 1. The van der Waals surface area contributed by atoms with Crippen LogP contribution < -0.4 is 10.2 Å². The predicted octanol–water partition coefficient (Wildman–Crippen LogP) is 4.53. The van der Waals surface area contributed by atoms with E-state index in [0.717, 1.165) is 4.47 Å². The van der Waals surface area contributed by atoms with Gasteiger partial charge in [-0.2, -0.15) is 0 Å². The summed E-state index contributed by atoms with van der Waals surface area (Å²) in [5.41, 5.74) is 3.10. The molecular weight excluding hydrogens is 355 g/mol.